The average Bonchev–Trinajstić information content (AvgIpc) is 2.64. The second kappa shape index (κ2) is 5.28. The molecular weight excluding hydrogens is 190 g/mol. The van der Waals surface area contributed by atoms with E-state index in [2.05, 4.69) is 10.4 Å². The van der Waals surface area contributed by atoms with Crippen molar-refractivity contribution in [1.82, 2.24) is 15.1 Å². The van der Waals surface area contributed by atoms with Crippen LogP contribution in [0, 0.1) is 5.92 Å². The standard InChI is InChI=1S/C11H21N3O/c1-10(2)11(3,15)9-12-6-8-14-7-4-5-13-14/h4-5,7,10,12,15H,6,8-9H2,1-3H3. The van der Waals surface area contributed by atoms with Gasteiger partial charge < -0.3 is 10.4 Å². The van der Waals surface area contributed by atoms with Crippen molar-refractivity contribution in [3.8, 4) is 0 Å². The summed E-state index contributed by atoms with van der Waals surface area (Å²) in [5, 5.41) is 17.3. The number of nitrogens with one attached hydrogen (secondary N) is 1. The van der Waals surface area contributed by atoms with Crippen molar-refractivity contribution in [2.75, 3.05) is 13.1 Å². The molecule has 0 bridgehead atoms. The maximum absolute atomic E-state index is 9.96. The highest BCUT2D eigenvalue weighted by Gasteiger charge is 2.23. The summed E-state index contributed by atoms with van der Waals surface area (Å²) in [6, 6.07) is 1.91. The van der Waals surface area contributed by atoms with E-state index in [4.69, 9.17) is 0 Å². The molecular formula is C11H21N3O. The molecule has 1 aromatic heterocycles. The van der Waals surface area contributed by atoms with E-state index in [1.807, 2.05) is 37.7 Å². The molecule has 2 N–H and O–H groups in total. The molecule has 0 saturated heterocycles. The van der Waals surface area contributed by atoms with E-state index in [-0.39, 0.29) is 5.92 Å². The van der Waals surface area contributed by atoms with Gasteiger partial charge in [-0.3, -0.25) is 4.68 Å². The Morgan fingerprint density at radius 3 is 2.80 bits per heavy atom. The molecule has 1 unspecified atom stereocenters. The van der Waals surface area contributed by atoms with E-state index in [9.17, 15) is 5.11 Å². The summed E-state index contributed by atoms with van der Waals surface area (Å²) in [6.07, 6.45) is 3.70. The molecule has 15 heavy (non-hydrogen) atoms. The van der Waals surface area contributed by atoms with E-state index >= 15 is 0 Å². The van der Waals surface area contributed by atoms with Crippen molar-refractivity contribution in [3.05, 3.63) is 18.5 Å². The predicted molar refractivity (Wildman–Crippen MR) is 60.6 cm³/mol. The Morgan fingerprint density at radius 1 is 1.53 bits per heavy atom. The zero-order chi connectivity index (χ0) is 11.3. The van der Waals surface area contributed by atoms with Crippen LogP contribution in [0.5, 0.6) is 0 Å². The second-order valence-corrected chi connectivity index (χ2v) is 4.46. The highest BCUT2D eigenvalue weighted by atomic mass is 16.3. The molecule has 1 atom stereocenters. The van der Waals surface area contributed by atoms with E-state index in [0.29, 0.717) is 6.54 Å². The van der Waals surface area contributed by atoms with Gasteiger partial charge in [-0.25, -0.2) is 0 Å². The van der Waals surface area contributed by atoms with Crippen LogP contribution in [-0.2, 0) is 6.54 Å². The largest absolute Gasteiger partial charge is 0.389 e. The van der Waals surface area contributed by atoms with Gasteiger partial charge in [0.05, 0.1) is 12.1 Å². The zero-order valence-corrected chi connectivity index (χ0v) is 9.77. The summed E-state index contributed by atoms with van der Waals surface area (Å²) in [7, 11) is 0. The predicted octanol–water partition coefficient (Wildman–Crippen LogP) is 0.880. The molecule has 4 nitrogen and oxygen atoms in total. The molecule has 0 fully saturated rings. The number of aromatic nitrogens is 2. The van der Waals surface area contributed by atoms with Crippen LogP contribution in [0.1, 0.15) is 20.8 Å². The molecule has 0 aliphatic carbocycles. The summed E-state index contributed by atoms with van der Waals surface area (Å²) < 4.78 is 1.87. The van der Waals surface area contributed by atoms with E-state index in [0.717, 1.165) is 13.1 Å². The highest BCUT2D eigenvalue weighted by molar-refractivity contribution is 4.80. The van der Waals surface area contributed by atoms with Gasteiger partial charge in [0.15, 0.2) is 0 Å². The lowest BCUT2D eigenvalue weighted by Crippen LogP contribution is -2.43. The van der Waals surface area contributed by atoms with Crippen LogP contribution < -0.4 is 5.32 Å². The summed E-state index contributed by atoms with van der Waals surface area (Å²) in [5.74, 6) is 0.259. The molecule has 0 amide bonds. The minimum absolute atomic E-state index is 0.259. The number of aliphatic hydroxyl groups is 1. The average molecular weight is 211 g/mol. The summed E-state index contributed by atoms with van der Waals surface area (Å²) in [5.41, 5.74) is -0.635. The number of rotatable bonds is 6. The van der Waals surface area contributed by atoms with Gasteiger partial charge in [0.25, 0.3) is 0 Å². The van der Waals surface area contributed by atoms with Gasteiger partial charge in [0.2, 0.25) is 0 Å². The van der Waals surface area contributed by atoms with Crippen molar-refractivity contribution < 1.29 is 5.11 Å². The van der Waals surface area contributed by atoms with Crippen molar-refractivity contribution in [3.63, 3.8) is 0 Å². The van der Waals surface area contributed by atoms with Crippen LogP contribution in [0.25, 0.3) is 0 Å². The maximum atomic E-state index is 9.96. The number of hydrogen-bond acceptors (Lipinski definition) is 3. The Balaban J connectivity index is 2.17. The minimum atomic E-state index is -0.635. The van der Waals surface area contributed by atoms with Gasteiger partial charge in [-0.1, -0.05) is 13.8 Å². The van der Waals surface area contributed by atoms with Crippen LogP contribution >= 0.6 is 0 Å². The summed E-state index contributed by atoms with van der Waals surface area (Å²) in [6.45, 7) is 8.18. The first-order valence-electron chi connectivity index (χ1n) is 5.43. The lowest BCUT2D eigenvalue weighted by molar-refractivity contribution is 0.0142. The molecule has 86 valence electrons. The molecule has 0 radical (unpaired) electrons. The summed E-state index contributed by atoms with van der Waals surface area (Å²) in [4.78, 5) is 0. The minimum Gasteiger partial charge on any atom is -0.389 e. The highest BCUT2D eigenvalue weighted by Crippen LogP contribution is 2.14. The van der Waals surface area contributed by atoms with Gasteiger partial charge in [0.1, 0.15) is 0 Å². The van der Waals surface area contributed by atoms with Crippen LogP contribution in [0.15, 0.2) is 18.5 Å². The third-order valence-electron chi connectivity index (χ3n) is 2.80. The van der Waals surface area contributed by atoms with Gasteiger partial charge >= 0.3 is 0 Å². The first-order valence-corrected chi connectivity index (χ1v) is 5.43. The Bertz CT molecular complexity index is 267. The quantitative estimate of drug-likeness (QED) is 0.687. The first-order chi connectivity index (χ1) is 7.02. The molecule has 4 heteroatoms. The second-order valence-electron chi connectivity index (χ2n) is 4.46. The molecule has 0 aromatic carbocycles. The van der Waals surface area contributed by atoms with Crippen LogP contribution in [-0.4, -0.2) is 33.6 Å². The third kappa shape index (κ3) is 4.01. The van der Waals surface area contributed by atoms with Crippen LogP contribution in [0.2, 0.25) is 0 Å². The third-order valence-corrected chi connectivity index (χ3v) is 2.80. The fraction of sp³-hybridized carbons (Fsp3) is 0.727. The van der Waals surface area contributed by atoms with E-state index < -0.39 is 5.60 Å². The Labute approximate surface area is 91.3 Å². The first kappa shape index (κ1) is 12.2. The van der Waals surface area contributed by atoms with Gasteiger partial charge in [-0.05, 0) is 18.9 Å². The molecule has 1 aromatic rings. The fourth-order valence-electron chi connectivity index (χ4n) is 1.17. The zero-order valence-electron chi connectivity index (χ0n) is 9.77. The smallest absolute Gasteiger partial charge is 0.0766 e. The number of nitrogens with zero attached hydrogens (tertiary/aromatic N) is 2. The van der Waals surface area contributed by atoms with Crippen molar-refractivity contribution in [2.24, 2.45) is 5.92 Å². The number of hydrogen-bond donors (Lipinski definition) is 2. The normalized spacial score (nSPS) is 15.5. The molecule has 0 aliphatic heterocycles. The van der Waals surface area contributed by atoms with Crippen LogP contribution in [0.3, 0.4) is 0 Å². The van der Waals surface area contributed by atoms with Gasteiger partial charge in [0, 0.05) is 25.5 Å². The molecule has 1 rings (SSSR count). The Kier molecular flexibility index (Phi) is 4.29. The fourth-order valence-corrected chi connectivity index (χ4v) is 1.17. The SMILES string of the molecule is CC(C)C(C)(O)CNCCn1cccn1. The molecule has 0 aliphatic rings. The topological polar surface area (TPSA) is 50.1 Å². The maximum Gasteiger partial charge on any atom is 0.0766 e. The monoisotopic (exact) mass is 211 g/mol. The molecule has 0 spiro atoms. The molecule has 1 heterocycles. The lowest BCUT2D eigenvalue weighted by Gasteiger charge is -2.27. The van der Waals surface area contributed by atoms with E-state index in [1.54, 1.807) is 6.20 Å². The van der Waals surface area contributed by atoms with E-state index in [1.165, 1.54) is 0 Å². The lowest BCUT2D eigenvalue weighted by atomic mass is 9.93. The van der Waals surface area contributed by atoms with Crippen molar-refractivity contribution >= 4 is 0 Å². The van der Waals surface area contributed by atoms with Crippen LogP contribution in [0.4, 0.5) is 0 Å². The van der Waals surface area contributed by atoms with Gasteiger partial charge in [-0.2, -0.15) is 5.10 Å². The van der Waals surface area contributed by atoms with Gasteiger partial charge in [-0.15, -0.1) is 0 Å². The Hall–Kier alpha value is -0.870. The van der Waals surface area contributed by atoms with Crippen molar-refractivity contribution in [2.45, 2.75) is 32.9 Å². The molecule has 0 saturated carbocycles. The Morgan fingerprint density at radius 2 is 2.27 bits per heavy atom. The summed E-state index contributed by atoms with van der Waals surface area (Å²) >= 11 is 0. The van der Waals surface area contributed by atoms with Crippen molar-refractivity contribution in [1.29, 1.82) is 0 Å².